The maximum Gasteiger partial charge on any atom is 0.246 e. The quantitative estimate of drug-likeness (QED) is 0.572. The van der Waals surface area contributed by atoms with Gasteiger partial charge in [0.15, 0.2) is 0 Å². The molecule has 0 N–H and O–H groups in total. The molecule has 74 valence electrons. The third-order valence-electron chi connectivity index (χ3n) is 2.06. The molecule has 3 heteroatoms. The maximum atomic E-state index is 11.4. The number of carbonyl (C=O) groups is 1. The second-order valence-electron chi connectivity index (χ2n) is 4.11. The molecule has 1 saturated heterocycles. The fraction of sp³-hybridized carbons (Fsp3) is 0.700. The van der Waals surface area contributed by atoms with Crippen LogP contribution < -0.4 is 0 Å². The number of hydrogen-bond acceptors (Lipinski definition) is 2. The van der Waals surface area contributed by atoms with Crippen LogP contribution in [0.1, 0.15) is 20.8 Å². The van der Waals surface area contributed by atoms with Gasteiger partial charge in [-0.2, -0.15) is 0 Å². The van der Waals surface area contributed by atoms with Gasteiger partial charge in [0.05, 0.1) is 11.7 Å². The van der Waals surface area contributed by atoms with Crippen molar-refractivity contribution in [3.05, 3.63) is 12.7 Å². The molecule has 1 aliphatic rings. The van der Waals surface area contributed by atoms with E-state index < -0.39 is 0 Å². The van der Waals surface area contributed by atoms with Crippen molar-refractivity contribution in [2.45, 2.75) is 32.5 Å². The van der Waals surface area contributed by atoms with E-state index in [9.17, 15) is 4.79 Å². The lowest BCUT2D eigenvalue weighted by molar-refractivity contribution is -0.153. The molecule has 0 aromatic carbocycles. The number of rotatable bonds is 1. The van der Waals surface area contributed by atoms with Crippen LogP contribution in [-0.4, -0.2) is 35.6 Å². The van der Waals surface area contributed by atoms with E-state index >= 15 is 0 Å². The van der Waals surface area contributed by atoms with Crippen LogP contribution in [0.3, 0.4) is 0 Å². The van der Waals surface area contributed by atoms with Gasteiger partial charge < -0.3 is 9.64 Å². The molecule has 1 unspecified atom stereocenters. The molecule has 0 aliphatic carbocycles. The van der Waals surface area contributed by atoms with Gasteiger partial charge in [0.2, 0.25) is 5.91 Å². The third-order valence-corrected chi connectivity index (χ3v) is 2.06. The predicted molar refractivity (Wildman–Crippen MR) is 51.4 cm³/mol. The largest absolute Gasteiger partial charge is 0.369 e. The van der Waals surface area contributed by atoms with Gasteiger partial charge in [-0.3, -0.25) is 4.79 Å². The summed E-state index contributed by atoms with van der Waals surface area (Å²) in [4.78, 5) is 13.1. The van der Waals surface area contributed by atoms with Crippen molar-refractivity contribution < 1.29 is 9.53 Å². The Labute approximate surface area is 79.4 Å². The molecule has 13 heavy (non-hydrogen) atoms. The Bertz CT molecular complexity index is 223. The molecule has 1 amide bonds. The summed E-state index contributed by atoms with van der Waals surface area (Å²) in [6.45, 7) is 10.7. The van der Waals surface area contributed by atoms with E-state index in [0.717, 1.165) is 0 Å². The maximum absolute atomic E-state index is 11.4. The average molecular weight is 183 g/mol. The van der Waals surface area contributed by atoms with Gasteiger partial charge >= 0.3 is 0 Å². The molecule has 0 radical (unpaired) electrons. The van der Waals surface area contributed by atoms with Crippen molar-refractivity contribution in [1.29, 1.82) is 0 Å². The van der Waals surface area contributed by atoms with Gasteiger partial charge in [-0.25, -0.2) is 0 Å². The van der Waals surface area contributed by atoms with Crippen molar-refractivity contribution in [3.8, 4) is 0 Å². The molecule has 0 saturated carbocycles. The van der Waals surface area contributed by atoms with E-state index in [1.807, 2.05) is 20.8 Å². The van der Waals surface area contributed by atoms with Crippen LogP contribution in [0.2, 0.25) is 0 Å². The van der Waals surface area contributed by atoms with Crippen LogP contribution in [0.4, 0.5) is 0 Å². The molecule has 1 atom stereocenters. The minimum absolute atomic E-state index is 0.0109. The molecule has 1 fully saturated rings. The molecule has 0 aromatic heterocycles. The summed E-state index contributed by atoms with van der Waals surface area (Å²) in [5, 5.41) is 0. The number of hydrogen-bond donors (Lipinski definition) is 0. The summed E-state index contributed by atoms with van der Waals surface area (Å²) >= 11 is 0. The van der Waals surface area contributed by atoms with E-state index in [4.69, 9.17) is 4.74 Å². The SMILES string of the molecule is C=CC(=O)N1CC(C)OC(C)(C)C1. The van der Waals surface area contributed by atoms with Crippen LogP contribution in [0.15, 0.2) is 12.7 Å². The average Bonchev–Trinajstić information content (AvgIpc) is 1.99. The number of amides is 1. The highest BCUT2D eigenvalue weighted by molar-refractivity contribution is 5.87. The van der Waals surface area contributed by atoms with E-state index in [2.05, 4.69) is 6.58 Å². The highest BCUT2D eigenvalue weighted by atomic mass is 16.5. The Morgan fingerprint density at radius 3 is 2.77 bits per heavy atom. The lowest BCUT2D eigenvalue weighted by Crippen LogP contribution is -2.53. The molecule has 1 aliphatic heterocycles. The normalized spacial score (nSPS) is 27.0. The van der Waals surface area contributed by atoms with Gasteiger partial charge in [-0.15, -0.1) is 0 Å². The first-order valence-corrected chi connectivity index (χ1v) is 4.54. The Kier molecular flexibility index (Phi) is 2.76. The molecular weight excluding hydrogens is 166 g/mol. The molecule has 1 rings (SSSR count). The van der Waals surface area contributed by atoms with Crippen LogP contribution in [0.25, 0.3) is 0 Å². The van der Waals surface area contributed by atoms with Crippen molar-refractivity contribution in [2.24, 2.45) is 0 Å². The van der Waals surface area contributed by atoms with E-state index in [1.54, 1.807) is 4.90 Å². The number of nitrogens with zero attached hydrogens (tertiary/aromatic N) is 1. The third kappa shape index (κ3) is 2.56. The molecule has 3 nitrogen and oxygen atoms in total. The van der Waals surface area contributed by atoms with Crippen molar-refractivity contribution in [3.63, 3.8) is 0 Å². The first-order chi connectivity index (χ1) is 5.94. The van der Waals surface area contributed by atoms with Gasteiger partial charge in [-0.1, -0.05) is 6.58 Å². The van der Waals surface area contributed by atoms with Crippen LogP contribution >= 0.6 is 0 Å². The summed E-state index contributed by atoms with van der Waals surface area (Å²) < 4.78 is 5.67. The smallest absolute Gasteiger partial charge is 0.246 e. The van der Waals surface area contributed by atoms with Crippen LogP contribution in [-0.2, 0) is 9.53 Å². The summed E-state index contributed by atoms with van der Waals surface area (Å²) in [5.41, 5.74) is -0.240. The lowest BCUT2D eigenvalue weighted by Gasteiger charge is -2.41. The fourth-order valence-corrected chi connectivity index (χ4v) is 1.75. The minimum Gasteiger partial charge on any atom is -0.369 e. The number of carbonyl (C=O) groups excluding carboxylic acids is 1. The second kappa shape index (κ2) is 3.50. The van der Waals surface area contributed by atoms with Crippen LogP contribution in [0, 0.1) is 0 Å². The summed E-state index contributed by atoms with van der Waals surface area (Å²) in [6, 6.07) is 0. The fourth-order valence-electron chi connectivity index (χ4n) is 1.75. The van der Waals surface area contributed by atoms with E-state index in [0.29, 0.717) is 13.1 Å². The van der Waals surface area contributed by atoms with Gasteiger partial charge in [0.25, 0.3) is 0 Å². The van der Waals surface area contributed by atoms with E-state index in [1.165, 1.54) is 6.08 Å². The summed E-state index contributed by atoms with van der Waals surface area (Å²) in [5.74, 6) is -0.0109. The van der Waals surface area contributed by atoms with Gasteiger partial charge in [0.1, 0.15) is 0 Å². The number of ether oxygens (including phenoxy) is 1. The first kappa shape index (κ1) is 10.3. The zero-order chi connectivity index (χ0) is 10.1. The Morgan fingerprint density at radius 2 is 2.31 bits per heavy atom. The lowest BCUT2D eigenvalue weighted by atomic mass is 10.1. The highest BCUT2D eigenvalue weighted by Gasteiger charge is 2.32. The predicted octanol–water partition coefficient (Wildman–Crippen LogP) is 1.20. The molecule has 1 heterocycles. The first-order valence-electron chi connectivity index (χ1n) is 4.54. The van der Waals surface area contributed by atoms with Gasteiger partial charge in [-0.05, 0) is 26.8 Å². The Hall–Kier alpha value is -0.830. The van der Waals surface area contributed by atoms with Crippen molar-refractivity contribution in [1.82, 2.24) is 4.90 Å². The molecule has 0 bridgehead atoms. The monoisotopic (exact) mass is 183 g/mol. The second-order valence-corrected chi connectivity index (χ2v) is 4.11. The van der Waals surface area contributed by atoms with Gasteiger partial charge in [0, 0.05) is 13.1 Å². The number of morpholine rings is 1. The van der Waals surface area contributed by atoms with E-state index in [-0.39, 0.29) is 17.6 Å². The Morgan fingerprint density at radius 1 is 1.69 bits per heavy atom. The van der Waals surface area contributed by atoms with Crippen LogP contribution in [0.5, 0.6) is 0 Å². The van der Waals surface area contributed by atoms with Crippen molar-refractivity contribution in [2.75, 3.05) is 13.1 Å². The van der Waals surface area contributed by atoms with Crippen molar-refractivity contribution >= 4 is 5.91 Å². The minimum atomic E-state index is -0.240. The molecule has 0 aromatic rings. The standard InChI is InChI=1S/C10H17NO2/c1-5-9(12)11-6-8(2)13-10(3,4)7-11/h5,8H,1,6-7H2,2-4H3. The molecular formula is C10H17NO2. The Balaban J connectivity index is 2.68. The topological polar surface area (TPSA) is 29.5 Å². The summed E-state index contributed by atoms with van der Waals surface area (Å²) in [7, 11) is 0. The zero-order valence-corrected chi connectivity index (χ0v) is 8.54. The molecule has 0 spiro atoms. The zero-order valence-electron chi connectivity index (χ0n) is 8.54. The summed E-state index contributed by atoms with van der Waals surface area (Å²) in [6.07, 6.45) is 1.46. The highest BCUT2D eigenvalue weighted by Crippen LogP contribution is 2.20.